The molecule has 21 heavy (non-hydrogen) atoms. The molecule has 118 valence electrons. The normalized spacial score (nSPS) is 17.1. The first-order valence-corrected chi connectivity index (χ1v) is 8.06. The lowest BCUT2D eigenvalue weighted by molar-refractivity contribution is -0.132. The first kappa shape index (κ1) is 18.1. The number of likely N-dealkylation sites (tertiary alicyclic amines) is 1. The smallest absolute Gasteiger partial charge is 0.223 e. The summed E-state index contributed by atoms with van der Waals surface area (Å²) in [5, 5.41) is 1.88. The highest BCUT2D eigenvalue weighted by Crippen LogP contribution is 2.20. The van der Waals surface area contributed by atoms with Gasteiger partial charge in [-0.1, -0.05) is 6.07 Å². The van der Waals surface area contributed by atoms with Crippen molar-refractivity contribution in [3.05, 3.63) is 22.4 Å². The molecule has 1 unspecified atom stereocenters. The van der Waals surface area contributed by atoms with Gasteiger partial charge in [0, 0.05) is 32.0 Å². The fourth-order valence-corrected chi connectivity index (χ4v) is 3.31. The van der Waals surface area contributed by atoms with Gasteiger partial charge in [0.1, 0.15) is 0 Å². The number of amides is 1. The largest absolute Gasteiger partial charge is 0.343 e. The topological polar surface area (TPSA) is 63.4 Å². The summed E-state index contributed by atoms with van der Waals surface area (Å²) in [6.45, 7) is 3.58. The van der Waals surface area contributed by atoms with E-state index in [9.17, 15) is 9.59 Å². The van der Waals surface area contributed by atoms with Crippen LogP contribution in [0.1, 0.15) is 42.3 Å². The van der Waals surface area contributed by atoms with Crippen molar-refractivity contribution < 1.29 is 9.59 Å². The van der Waals surface area contributed by atoms with Crippen LogP contribution >= 0.6 is 23.7 Å². The maximum atomic E-state index is 12.1. The lowest BCUT2D eigenvalue weighted by Crippen LogP contribution is -2.42. The molecule has 1 amide bonds. The Labute approximate surface area is 136 Å². The average molecular weight is 331 g/mol. The van der Waals surface area contributed by atoms with Gasteiger partial charge in [-0.05, 0) is 37.1 Å². The Kier molecular flexibility index (Phi) is 7.35. The van der Waals surface area contributed by atoms with E-state index in [2.05, 4.69) is 0 Å². The van der Waals surface area contributed by atoms with E-state index in [4.69, 9.17) is 5.73 Å². The van der Waals surface area contributed by atoms with Crippen LogP contribution in [0.25, 0.3) is 0 Å². The fraction of sp³-hybridized carbons (Fsp3) is 0.600. The molecule has 1 aromatic rings. The molecular formula is C15H23ClN2O2S. The molecule has 0 spiro atoms. The summed E-state index contributed by atoms with van der Waals surface area (Å²) in [5.41, 5.74) is 5.89. The van der Waals surface area contributed by atoms with Crippen LogP contribution in [0.15, 0.2) is 17.5 Å². The van der Waals surface area contributed by atoms with Gasteiger partial charge in [0.05, 0.1) is 4.88 Å². The van der Waals surface area contributed by atoms with Crippen LogP contribution in [0.2, 0.25) is 0 Å². The summed E-state index contributed by atoms with van der Waals surface area (Å²) in [4.78, 5) is 26.6. The zero-order valence-electron chi connectivity index (χ0n) is 12.3. The quantitative estimate of drug-likeness (QED) is 0.844. The number of hydrogen-bond donors (Lipinski definition) is 1. The minimum Gasteiger partial charge on any atom is -0.343 e. The number of nitrogens with zero attached hydrogens (tertiary/aromatic N) is 1. The zero-order chi connectivity index (χ0) is 14.5. The van der Waals surface area contributed by atoms with Crippen molar-refractivity contribution in [3.8, 4) is 0 Å². The minimum atomic E-state index is 0. The second-order valence-electron chi connectivity index (χ2n) is 5.48. The van der Waals surface area contributed by atoms with E-state index < -0.39 is 0 Å². The van der Waals surface area contributed by atoms with Crippen molar-refractivity contribution in [2.75, 3.05) is 13.1 Å². The molecule has 1 aliphatic rings. The second kappa shape index (κ2) is 8.51. The van der Waals surface area contributed by atoms with Crippen molar-refractivity contribution in [2.24, 2.45) is 11.7 Å². The SMILES string of the molecule is CC(N)C1CCN(C(=O)CCC(=O)c2cccs2)CC1.Cl. The van der Waals surface area contributed by atoms with E-state index in [-0.39, 0.29) is 30.1 Å². The molecule has 0 aliphatic carbocycles. The zero-order valence-corrected chi connectivity index (χ0v) is 13.9. The standard InChI is InChI=1S/C15H22N2O2S.ClH/c1-11(16)12-6-8-17(9-7-12)15(19)5-4-13(18)14-3-2-10-20-14;/h2-3,10-12H,4-9,16H2,1H3;1H. The highest BCUT2D eigenvalue weighted by molar-refractivity contribution is 7.12. The highest BCUT2D eigenvalue weighted by atomic mass is 35.5. The van der Waals surface area contributed by atoms with Crippen LogP contribution < -0.4 is 5.73 Å². The van der Waals surface area contributed by atoms with Crippen LogP contribution in [0.3, 0.4) is 0 Å². The molecule has 0 aromatic carbocycles. The van der Waals surface area contributed by atoms with Crippen LogP contribution in [0.5, 0.6) is 0 Å². The molecule has 6 heteroatoms. The number of nitrogens with two attached hydrogens (primary N) is 1. The third kappa shape index (κ3) is 5.09. The number of piperidine rings is 1. The Morgan fingerprint density at radius 2 is 2.05 bits per heavy atom. The van der Waals surface area contributed by atoms with Gasteiger partial charge in [-0.2, -0.15) is 0 Å². The Hall–Kier alpha value is -0.910. The number of halogens is 1. The number of rotatable bonds is 5. The summed E-state index contributed by atoms with van der Waals surface area (Å²) in [7, 11) is 0. The van der Waals surface area contributed by atoms with Crippen LogP contribution in [-0.4, -0.2) is 35.7 Å². The molecule has 1 saturated heterocycles. The fourth-order valence-electron chi connectivity index (χ4n) is 2.61. The van der Waals surface area contributed by atoms with E-state index in [1.807, 2.05) is 29.3 Å². The van der Waals surface area contributed by atoms with Gasteiger partial charge >= 0.3 is 0 Å². The van der Waals surface area contributed by atoms with Crippen LogP contribution in [0, 0.1) is 5.92 Å². The molecule has 1 atom stereocenters. The van der Waals surface area contributed by atoms with Crippen molar-refractivity contribution in [2.45, 2.75) is 38.6 Å². The minimum absolute atomic E-state index is 0. The Bertz CT molecular complexity index is 454. The van der Waals surface area contributed by atoms with Gasteiger partial charge in [0.25, 0.3) is 0 Å². The number of ketones is 1. The maximum absolute atomic E-state index is 12.1. The summed E-state index contributed by atoms with van der Waals surface area (Å²) in [6.07, 6.45) is 2.58. The Balaban J connectivity index is 0.00000220. The molecule has 0 radical (unpaired) electrons. The monoisotopic (exact) mass is 330 g/mol. The molecule has 2 heterocycles. The van der Waals surface area contributed by atoms with Crippen molar-refractivity contribution in [1.82, 2.24) is 4.90 Å². The van der Waals surface area contributed by atoms with E-state index in [1.54, 1.807) is 0 Å². The summed E-state index contributed by atoms with van der Waals surface area (Å²) in [5.74, 6) is 0.684. The summed E-state index contributed by atoms with van der Waals surface area (Å²) >= 11 is 1.43. The van der Waals surface area contributed by atoms with E-state index in [0.29, 0.717) is 18.8 Å². The first-order chi connectivity index (χ1) is 9.58. The number of Topliss-reactive ketones (excluding diaryl/α,β-unsaturated/α-hetero) is 1. The van der Waals surface area contributed by atoms with Gasteiger partial charge < -0.3 is 10.6 Å². The third-order valence-electron chi connectivity index (χ3n) is 4.00. The molecular weight excluding hydrogens is 308 g/mol. The lowest BCUT2D eigenvalue weighted by atomic mass is 9.91. The van der Waals surface area contributed by atoms with E-state index in [1.165, 1.54) is 11.3 Å². The first-order valence-electron chi connectivity index (χ1n) is 7.18. The van der Waals surface area contributed by atoms with Gasteiger partial charge in [0.2, 0.25) is 5.91 Å². The molecule has 2 rings (SSSR count). The van der Waals surface area contributed by atoms with Crippen molar-refractivity contribution >= 4 is 35.4 Å². The molecule has 0 saturated carbocycles. The molecule has 1 aromatic heterocycles. The van der Waals surface area contributed by atoms with Crippen molar-refractivity contribution in [3.63, 3.8) is 0 Å². The van der Waals surface area contributed by atoms with Gasteiger partial charge in [-0.3, -0.25) is 9.59 Å². The lowest BCUT2D eigenvalue weighted by Gasteiger charge is -2.33. The molecule has 2 N–H and O–H groups in total. The molecule has 1 fully saturated rings. The predicted octanol–water partition coefficient (Wildman–Crippen LogP) is 2.72. The number of carbonyl (C=O) groups is 2. The van der Waals surface area contributed by atoms with Crippen molar-refractivity contribution in [1.29, 1.82) is 0 Å². The molecule has 0 bridgehead atoms. The van der Waals surface area contributed by atoms with E-state index in [0.717, 1.165) is 30.8 Å². The van der Waals surface area contributed by atoms with E-state index >= 15 is 0 Å². The molecule has 4 nitrogen and oxygen atoms in total. The Morgan fingerprint density at radius 3 is 2.57 bits per heavy atom. The maximum Gasteiger partial charge on any atom is 0.223 e. The number of thiophene rings is 1. The van der Waals surface area contributed by atoms with Gasteiger partial charge in [0.15, 0.2) is 5.78 Å². The predicted molar refractivity (Wildman–Crippen MR) is 88.1 cm³/mol. The van der Waals surface area contributed by atoms with Gasteiger partial charge in [-0.15, -0.1) is 23.7 Å². The van der Waals surface area contributed by atoms with Gasteiger partial charge in [-0.25, -0.2) is 0 Å². The third-order valence-corrected chi connectivity index (χ3v) is 4.91. The summed E-state index contributed by atoms with van der Waals surface area (Å²) < 4.78 is 0. The molecule has 1 aliphatic heterocycles. The number of hydrogen-bond acceptors (Lipinski definition) is 4. The second-order valence-corrected chi connectivity index (χ2v) is 6.43. The number of carbonyl (C=O) groups excluding carboxylic acids is 2. The summed E-state index contributed by atoms with van der Waals surface area (Å²) in [6, 6.07) is 3.87. The van der Waals surface area contributed by atoms with Crippen LogP contribution in [0.4, 0.5) is 0 Å². The van der Waals surface area contributed by atoms with Crippen LogP contribution in [-0.2, 0) is 4.79 Å². The average Bonchev–Trinajstić information content (AvgIpc) is 2.98. The Morgan fingerprint density at radius 1 is 1.38 bits per heavy atom. The highest BCUT2D eigenvalue weighted by Gasteiger charge is 2.24.